The maximum atomic E-state index is 11.9. The molecule has 0 radical (unpaired) electrons. The van der Waals surface area contributed by atoms with Crippen molar-refractivity contribution in [2.75, 3.05) is 17.2 Å². The van der Waals surface area contributed by atoms with Crippen LogP contribution in [0.5, 0.6) is 0 Å². The Morgan fingerprint density at radius 2 is 1.64 bits per heavy atom. The first-order valence-corrected chi connectivity index (χ1v) is 9.71. The molecule has 28 heavy (non-hydrogen) atoms. The van der Waals surface area contributed by atoms with Crippen molar-refractivity contribution in [3.63, 3.8) is 0 Å². The van der Waals surface area contributed by atoms with Gasteiger partial charge in [-0.3, -0.25) is 14.4 Å². The normalized spacial score (nSPS) is 10.2. The molecule has 2 amide bonds. The quantitative estimate of drug-likeness (QED) is 0.590. The first-order chi connectivity index (χ1) is 13.3. The van der Waals surface area contributed by atoms with Crippen LogP contribution in [0.3, 0.4) is 0 Å². The van der Waals surface area contributed by atoms with Gasteiger partial charge in [-0.15, -0.1) is 0 Å². The molecule has 0 atom stereocenters. The zero-order valence-electron chi connectivity index (χ0n) is 15.9. The Hall–Kier alpha value is -2.67. The second-order valence-electron chi connectivity index (χ2n) is 6.44. The number of carbonyl (C=O) groups excluding carboxylic acids is 3. The first kappa shape index (κ1) is 21.6. The third-order valence-electron chi connectivity index (χ3n) is 3.94. The molecule has 2 N–H and O–H groups in total. The van der Waals surface area contributed by atoms with E-state index in [1.54, 1.807) is 12.1 Å². The molecule has 148 valence electrons. The summed E-state index contributed by atoms with van der Waals surface area (Å²) >= 11 is 3.33. The fraction of sp³-hybridized carbons (Fsp3) is 0.286. The van der Waals surface area contributed by atoms with E-state index in [0.717, 1.165) is 15.6 Å². The second kappa shape index (κ2) is 10.6. The summed E-state index contributed by atoms with van der Waals surface area (Å²) in [5, 5.41) is 5.48. The molecular formula is C21H23BrN2O4. The van der Waals surface area contributed by atoms with Crippen LogP contribution in [0.15, 0.2) is 46.9 Å². The maximum Gasteiger partial charge on any atom is 0.306 e. The monoisotopic (exact) mass is 446 g/mol. The summed E-state index contributed by atoms with van der Waals surface area (Å²) in [7, 11) is 0. The van der Waals surface area contributed by atoms with Gasteiger partial charge in [0.15, 0.2) is 6.61 Å². The van der Waals surface area contributed by atoms with E-state index >= 15 is 0 Å². The fourth-order valence-electron chi connectivity index (χ4n) is 2.43. The number of ether oxygens (including phenoxy) is 1. The summed E-state index contributed by atoms with van der Waals surface area (Å²) < 4.78 is 5.90. The number of carbonyl (C=O) groups is 3. The number of amides is 2. The van der Waals surface area contributed by atoms with Crippen molar-refractivity contribution < 1.29 is 19.1 Å². The molecule has 0 aliphatic heterocycles. The number of esters is 1. The van der Waals surface area contributed by atoms with Crippen molar-refractivity contribution in [1.29, 1.82) is 0 Å². The molecular weight excluding hydrogens is 424 g/mol. The van der Waals surface area contributed by atoms with Gasteiger partial charge in [0.2, 0.25) is 5.91 Å². The maximum absolute atomic E-state index is 11.9. The van der Waals surface area contributed by atoms with Gasteiger partial charge in [-0.1, -0.05) is 28.1 Å². The van der Waals surface area contributed by atoms with Crippen LogP contribution in [-0.2, 0) is 19.1 Å². The minimum absolute atomic E-state index is 0.0739. The predicted octanol–water partition coefficient (Wildman–Crippen LogP) is 4.36. The Bertz CT molecular complexity index is 850. The lowest BCUT2D eigenvalue weighted by Gasteiger charge is -2.10. The number of aryl methyl sites for hydroxylation is 2. The van der Waals surface area contributed by atoms with E-state index in [2.05, 4.69) is 26.6 Å². The van der Waals surface area contributed by atoms with Crippen LogP contribution in [-0.4, -0.2) is 24.4 Å². The number of hydrogen-bond acceptors (Lipinski definition) is 4. The Kier molecular flexibility index (Phi) is 8.19. The van der Waals surface area contributed by atoms with Gasteiger partial charge in [-0.25, -0.2) is 0 Å². The highest BCUT2D eigenvalue weighted by Crippen LogP contribution is 2.16. The topological polar surface area (TPSA) is 84.5 Å². The highest BCUT2D eigenvalue weighted by molar-refractivity contribution is 9.10. The minimum Gasteiger partial charge on any atom is -0.456 e. The van der Waals surface area contributed by atoms with Crippen LogP contribution in [0.1, 0.15) is 30.4 Å². The molecule has 0 bridgehead atoms. The molecule has 0 unspecified atom stereocenters. The SMILES string of the molecule is Cc1ccc(C)c(NC(=O)COC(=O)CCCC(=O)Nc2ccc(Br)cc2)c1. The molecule has 2 aromatic rings. The fourth-order valence-corrected chi connectivity index (χ4v) is 2.69. The molecule has 7 heteroatoms. The molecule has 0 spiro atoms. The summed E-state index contributed by atoms with van der Waals surface area (Å²) in [6.07, 6.45) is 0.615. The highest BCUT2D eigenvalue weighted by Gasteiger charge is 2.10. The number of benzene rings is 2. The summed E-state index contributed by atoms with van der Waals surface area (Å²) in [5.74, 6) is -1.08. The molecule has 0 heterocycles. The summed E-state index contributed by atoms with van der Waals surface area (Å²) in [6, 6.07) is 13.0. The second-order valence-corrected chi connectivity index (χ2v) is 7.35. The van der Waals surface area contributed by atoms with E-state index in [0.29, 0.717) is 17.8 Å². The van der Waals surface area contributed by atoms with Gasteiger partial charge in [-0.05, 0) is 61.7 Å². The van der Waals surface area contributed by atoms with Gasteiger partial charge < -0.3 is 15.4 Å². The molecule has 0 saturated carbocycles. The lowest BCUT2D eigenvalue weighted by atomic mass is 10.1. The average molecular weight is 447 g/mol. The van der Waals surface area contributed by atoms with Gasteiger partial charge in [0.25, 0.3) is 5.91 Å². The van der Waals surface area contributed by atoms with Gasteiger partial charge in [0, 0.05) is 28.7 Å². The molecule has 6 nitrogen and oxygen atoms in total. The average Bonchev–Trinajstić information content (AvgIpc) is 2.65. The van der Waals surface area contributed by atoms with Crippen molar-refractivity contribution in [3.05, 3.63) is 58.1 Å². The smallest absolute Gasteiger partial charge is 0.306 e. The van der Waals surface area contributed by atoms with Crippen LogP contribution in [0, 0.1) is 13.8 Å². The van der Waals surface area contributed by atoms with Crippen LogP contribution >= 0.6 is 15.9 Å². The number of rotatable bonds is 8. The molecule has 0 aromatic heterocycles. The van der Waals surface area contributed by atoms with Crippen molar-refractivity contribution in [2.45, 2.75) is 33.1 Å². The zero-order chi connectivity index (χ0) is 20.5. The van der Waals surface area contributed by atoms with E-state index in [9.17, 15) is 14.4 Å². The largest absolute Gasteiger partial charge is 0.456 e. The molecule has 0 aliphatic carbocycles. The van der Waals surface area contributed by atoms with E-state index in [1.165, 1.54) is 0 Å². The number of anilines is 2. The molecule has 0 saturated heterocycles. The van der Waals surface area contributed by atoms with Gasteiger partial charge >= 0.3 is 5.97 Å². The van der Waals surface area contributed by atoms with E-state index in [1.807, 2.05) is 44.2 Å². The standard InChI is InChI=1S/C21H23BrN2O4/c1-14-6-7-15(2)18(12-14)24-20(26)13-28-21(27)5-3-4-19(25)23-17-10-8-16(22)9-11-17/h6-12H,3-5,13H2,1-2H3,(H,23,25)(H,24,26). The van der Waals surface area contributed by atoms with Crippen LogP contribution < -0.4 is 10.6 Å². The van der Waals surface area contributed by atoms with Crippen molar-refractivity contribution >= 4 is 45.1 Å². The lowest BCUT2D eigenvalue weighted by Crippen LogP contribution is -2.21. The van der Waals surface area contributed by atoms with Gasteiger partial charge in [-0.2, -0.15) is 0 Å². The molecule has 0 fully saturated rings. The lowest BCUT2D eigenvalue weighted by molar-refractivity contribution is -0.147. The van der Waals surface area contributed by atoms with Gasteiger partial charge in [0.1, 0.15) is 0 Å². The number of halogens is 1. The third kappa shape index (κ3) is 7.52. The zero-order valence-corrected chi connectivity index (χ0v) is 17.5. The summed E-state index contributed by atoms with van der Waals surface area (Å²) in [5.41, 5.74) is 3.35. The Balaban J connectivity index is 1.65. The van der Waals surface area contributed by atoms with E-state index < -0.39 is 11.9 Å². The van der Waals surface area contributed by atoms with Crippen LogP contribution in [0.4, 0.5) is 11.4 Å². The predicted molar refractivity (Wildman–Crippen MR) is 112 cm³/mol. The molecule has 2 rings (SSSR count). The van der Waals surface area contributed by atoms with Crippen molar-refractivity contribution in [2.24, 2.45) is 0 Å². The number of nitrogens with one attached hydrogen (secondary N) is 2. The molecule has 2 aromatic carbocycles. The minimum atomic E-state index is -0.507. The number of hydrogen-bond donors (Lipinski definition) is 2. The highest BCUT2D eigenvalue weighted by atomic mass is 79.9. The Labute approximate surface area is 172 Å². The van der Waals surface area contributed by atoms with Crippen LogP contribution in [0.25, 0.3) is 0 Å². The van der Waals surface area contributed by atoms with E-state index in [4.69, 9.17) is 4.74 Å². The summed E-state index contributed by atoms with van der Waals surface area (Å²) in [6.45, 7) is 3.47. The van der Waals surface area contributed by atoms with Gasteiger partial charge in [0.05, 0.1) is 0 Å². The first-order valence-electron chi connectivity index (χ1n) is 8.91. The van der Waals surface area contributed by atoms with Crippen molar-refractivity contribution in [1.82, 2.24) is 0 Å². The Morgan fingerprint density at radius 3 is 2.36 bits per heavy atom. The molecule has 0 aliphatic rings. The van der Waals surface area contributed by atoms with Crippen LogP contribution in [0.2, 0.25) is 0 Å². The van der Waals surface area contributed by atoms with E-state index in [-0.39, 0.29) is 25.4 Å². The third-order valence-corrected chi connectivity index (χ3v) is 4.47. The van der Waals surface area contributed by atoms with Crippen molar-refractivity contribution in [3.8, 4) is 0 Å². The Morgan fingerprint density at radius 1 is 0.929 bits per heavy atom. The summed E-state index contributed by atoms with van der Waals surface area (Å²) in [4.78, 5) is 35.6.